The van der Waals surface area contributed by atoms with Crippen LogP contribution in [0.15, 0.2) is 39.8 Å². The molecule has 1 aromatic carbocycles. The van der Waals surface area contributed by atoms with Crippen LogP contribution in [0, 0.1) is 0 Å². The van der Waals surface area contributed by atoms with Crippen LogP contribution in [-0.2, 0) is 24.4 Å². The zero-order valence-electron chi connectivity index (χ0n) is 19.9. The second kappa shape index (κ2) is 13.2. The lowest BCUT2D eigenvalue weighted by Gasteiger charge is -2.35. The van der Waals surface area contributed by atoms with E-state index < -0.39 is 0 Å². The number of halogens is 1. The van der Waals surface area contributed by atoms with Crippen molar-refractivity contribution >= 4 is 29.9 Å². The lowest BCUT2D eigenvalue weighted by Crippen LogP contribution is -2.44. The SMILES string of the molecule is CCNC(=NCc1ccc(CN2CC(C)OC(C)C2)cc1)NCc1cc(C(C)C)no1.I. The standard InChI is InChI=1S/C24H37N5O2.HI/c1-6-25-24(27-13-22-11-23(17(2)3)28-31-22)26-12-20-7-9-21(10-8-20)16-29-14-18(4)30-19(5)15-29;/h7-11,17-19H,6,12-16H2,1-5H3,(H2,25,26,27);1H. The minimum Gasteiger partial charge on any atom is -0.373 e. The highest BCUT2D eigenvalue weighted by atomic mass is 127. The van der Waals surface area contributed by atoms with Gasteiger partial charge < -0.3 is 19.9 Å². The average molecular weight is 556 g/mol. The van der Waals surface area contributed by atoms with Gasteiger partial charge in [0, 0.05) is 32.2 Å². The highest BCUT2D eigenvalue weighted by molar-refractivity contribution is 14.0. The van der Waals surface area contributed by atoms with Crippen LogP contribution in [0.5, 0.6) is 0 Å². The summed E-state index contributed by atoms with van der Waals surface area (Å²) in [5, 5.41) is 10.7. The van der Waals surface area contributed by atoms with E-state index in [9.17, 15) is 0 Å². The molecular formula is C24H38IN5O2. The summed E-state index contributed by atoms with van der Waals surface area (Å²) in [5.74, 6) is 1.94. The van der Waals surface area contributed by atoms with E-state index in [-0.39, 0.29) is 24.0 Å². The molecule has 1 aliphatic rings. The molecule has 2 unspecified atom stereocenters. The summed E-state index contributed by atoms with van der Waals surface area (Å²) in [4.78, 5) is 7.18. The number of benzene rings is 1. The molecule has 1 fully saturated rings. The van der Waals surface area contributed by atoms with E-state index in [0.29, 0.717) is 31.2 Å². The van der Waals surface area contributed by atoms with Gasteiger partial charge in [-0.3, -0.25) is 4.90 Å². The molecule has 0 spiro atoms. The van der Waals surface area contributed by atoms with Gasteiger partial charge in [0.25, 0.3) is 0 Å². The van der Waals surface area contributed by atoms with E-state index in [1.165, 1.54) is 11.1 Å². The molecular weight excluding hydrogens is 517 g/mol. The Morgan fingerprint density at radius 3 is 2.38 bits per heavy atom. The summed E-state index contributed by atoms with van der Waals surface area (Å²) in [6.45, 7) is 15.5. The monoisotopic (exact) mass is 555 g/mol. The number of aliphatic imine (C=N–C) groups is 1. The lowest BCUT2D eigenvalue weighted by atomic mass is 10.1. The van der Waals surface area contributed by atoms with Crippen LogP contribution in [0.3, 0.4) is 0 Å². The third-order valence-corrected chi connectivity index (χ3v) is 5.29. The maximum atomic E-state index is 5.83. The van der Waals surface area contributed by atoms with Crippen molar-refractivity contribution < 1.29 is 9.26 Å². The van der Waals surface area contributed by atoms with E-state index in [1.54, 1.807) is 0 Å². The van der Waals surface area contributed by atoms with Gasteiger partial charge in [-0.2, -0.15) is 0 Å². The van der Waals surface area contributed by atoms with E-state index in [2.05, 4.69) is 79.6 Å². The van der Waals surface area contributed by atoms with Crippen LogP contribution in [0.4, 0.5) is 0 Å². The molecule has 7 nitrogen and oxygen atoms in total. The van der Waals surface area contributed by atoms with Crippen molar-refractivity contribution in [1.29, 1.82) is 0 Å². The number of ether oxygens (including phenoxy) is 1. The number of guanidine groups is 1. The fraction of sp³-hybridized carbons (Fsp3) is 0.583. The van der Waals surface area contributed by atoms with Crippen molar-refractivity contribution in [3.05, 3.63) is 52.9 Å². The number of nitrogens with zero attached hydrogens (tertiary/aromatic N) is 3. The summed E-state index contributed by atoms with van der Waals surface area (Å²) in [5.41, 5.74) is 3.48. The second-order valence-corrected chi connectivity index (χ2v) is 8.69. The minimum atomic E-state index is 0. The Labute approximate surface area is 209 Å². The zero-order valence-corrected chi connectivity index (χ0v) is 22.3. The quantitative estimate of drug-likeness (QED) is 0.288. The van der Waals surface area contributed by atoms with Crippen LogP contribution >= 0.6 is 24.0 Å². The Morgan fingerprint density at radius 1 is 1.12 bits per heavy atom. The Hall–Kier alpha value is -1.65. The molecule has 0 bridgehead atoms. The number of rotatable bonds is 8. The molecule has 2 heterocycles. The summed E-state index contributed by atoms with van der Waals surface area (Å²) in [7, 11) is 0. The van der Waals surface area contributed by atoms with Crippen LogP contribution in [0.25, 0.3) is 0 Å². The Morgan fingerprint density at radius 2 is 1.78 bits per heavy atom. The third kappa shape index (κ3) is 8.37. The highest BCUT2D eigenvalue weighted by Crippen LogP contribution is 2.15. The van der Waals surface area contributed by atoms with E-state index >= 15 is 0 Å². The maximum absolute atomic E-state index is 5.83. The summed E-state index contributed by atoms with van der Waals surface area (Å²) in [6, 6.07) is 10.7. The molecule has 0 aliphatic carbocycles. The molecule has 0 saturated carbocycles. The Kier molecular flexibility index (Phi) is 10.9. The van der Waals surface area contributed by atoms with Gasteiger partial charge in [-0.15, -0.1) is 24.0 Å². The number of hydrogen-bond acceptors (Lipinski definition) is 5. The maximum Gasteiger partial charge on any atom is 0.191 e. The second-order valence-electron chi connectivity index (χ2n) is 8.69. The lowest BCUT2D eigenvalue weighted by molar-refractivity contribution is -0.0704. The molecule has 1 aromatic heterocycles. The van der Waals surface area contributed by atoms with E-state index in [0.717, 1.165) is 43.6 Å². The molecule has 32 heavy (non-hydrogen) atoms. The predicted molar refractivity (Wildman–Crippen MR) is 139 cm³/mol. The van der Waals surface area contributed by atoms with E-state index in [1.807, 2.05) is 6.07 Å². The molecule has 3 rings (SSSR count). The number of morpholine rings is 1. The first-order valence-electron chi connectivity index (χ1n) is 11.4. The van der Waals surface area contributed by atoms with Gasteiger partial charge in [0.2, 0.25) is 0 Å². The molecule has 2 aromatic rings. The van der Waals surface area contributed by atoms with Crippen molar-refractivity contribution in [2.75, 3.05) is 19.6 Å². The van der Waals surface area contributed by atoms with Crippen LogP contribution in [-0.4, -0.2) is 47.9 Å². The molecule has 2 N–H and O–H groups in total. The summed E-state index contributed by atoms with van der Waals surface area (Å²) in [6.07, 6.45) is 0.589. The Balaban J connectivity index is 0.00000363. The highest BCUT2D eigenvalue weighted by Gasteiger charge is 2.21. The first-order valence-corrected chi connectivity index (χ1v) is 11.4. The molecule has 1 saturated heterocycles. The molecule has 0 radical (unpaired) electrons. The molecule has 1 aliphatic heterocycles. The number of hydrogen-bond donors (Lipinski definition) is 2. The van der Waals surface area contributed by atoms with Crippen LogP contribution in [0.1, 0.15) is 63.1 Å². The van der Waals surface area contributed by atoms with Crippen molar-refractivity contribution in [3.63, 3.8) is 0 Å². The fourth-order valence-electron chi connectivity index (χ4n) is 3.79. The van der Waals surface area contributed by atoms with Crippen LogP contribution in [0.2, 0.25) is 0 Å². The average Bonchev–Trinajstić information content (AvgIpc) is 3.20. The van der Waals surface area contributed by atoms with Gasteiger partial charge >= 0.3 is 0 Å². The van der Waals surface area contributed by atoms with Crippen molar-refractivity contribution in [3.8, 4) is 0 Å². The molecule has 2 atom stereocenters. The third-order valence-electron chi connectivity index (χ3n) is 5.29. The van der Waals surface area contributed by atoms with Crippen LogP contribution < -0.4 is 10.6 Å². The molecule has 0 amide bonds. The van der Waals surface area contributed by atoms with Crippen molar-refractivity contribution in [2.24, 2.45) is 4.99 Å². The van der Waals surface area contributed by atoms with Crippen molar-refractivity contribution in [1.82, 2.24) is 20.7 Å². The summed E-state index contributed by atoms with van der Waals surface area (Å²) < 4.78 is 11.2. The van der Waals surface area contributed by atoms with Crippen molar-refractivity contribution in [2.45, 2.75) is 72.4 Å². The molecule has 178 valence electrons. The van der Waals surface area contributed by atoms with Gasteiger partial charge in [-0.05, 0) is 37.8 Å². The van der Waals surface area contributed by atoms with Gasteiger partial charge in [0.15, 0.2) is 11.7 Å². The fourth-order valence-corrected chi connectivity index (χ4v) is 3.79. The van der Waals surface area contributed by atoms with Gasteiger partial charge in [0.1, 0.15) is 0 Å². The largest absolute Gasteiger partial charge is 0.373 e. The minimum absolute atomic E-state index is 0. The zero-order chi connectivity index (χ0) is 22.2. The topological polar surface area (TPSA) is 74.9 Å². The Bertz CT molecular complexity index is 827. The van der Waals surface area contributed by atoms with Gasteiger partial charge in [-0.25, -0.2) is 4.99 Å². The number of nitrogens with one attached hydrogen (secondary N) is 2. The van der Waals surface area contributed by atoms with Gasteiger partial charge in [0.05, 0.1) is 31.0 Å². The first kappa shape index (κ1) is 26.6. The molecule has 8 heteroatoms. The summed E-state index contributed by atoms with van der Waals surface area (Å²) >= 11 is 0. The first-order chi connectivity index (χ1) is 14.9. The predicted octanol–water partition coefficient (Wildman–Crippen LogP) is 4.28. The normalized spacial score (nSPS) is 19.6. The van der Waals surface area contributed by atoms with Gasteiger partial charge in [-0.1, -0.05) is 43.3 Å². The van der Waals surface area contributed by atoms with E-state index in [4.69, 9.17) is 14.3 Å². The number of aromatic nitrogens is 1. The smallest absolute Gasteiger partial charge is 0.191 e.